The second-order valence-corrected chi connectivity index (χ2v) is 5.09. The summed E-state index contributed by atoms with van der Waals surface area (Å²) in [6.45, 7) is 2.71. The number of anilines is 2. The molecule has 0 N–H and O–H groups in total. The molecule has 0 aliphatic carbocycles. The molecule has 1 aliphatic rings. The maximum atomic E-state index is 5.51. The summed E-state index contributed by atoms with van der Waals surface area (Å²) < 4.78 is 5.51. The Morgan fingerprint density at radius 2 is 1.45 bits per heavy atom. The van der Waals surface area contributed by atoms with Crippen LogP contribution in [0.25, 0.3) is 0 Å². The van der Waals surface area contributed by atoms with Crippen LogP contribution in [-0.2, 0) is 0 Å². The zero-order valence-electron chi connectivity index (χ0n) is 12.2. The van der Waals surface area contributed by atoms with Gasteiger partial charge in [0, 0.05) is 14.1 Å². The summed E-state index contributed by atoms with van der Waals surface area (Å²) in [6.07, 6.45) is 0.239. The van der Waals surface area contributed by atoms with E-state index in [1.54, 1.807) is 0 Å². The van der Waals surface area contributed by atoms with Crippen LogP contribution >= 0.6 is 0 Å². The Kier molecular flexibility index (Phi) is 3.26. The lowest BCUT2D eigenvalue weighted by Gasteiger charge is -2.28. The molecule has 3 rings (SSSR count). The first-order valence-electron chi connectivity index (χ1n) is 7.00. The highest BCUT2D eigenvalue weighted by atomic mass is 16.5. The molecule has 0 atom stereocenters. The fourth-order valence-corrected chi connectivity index (χ4v) is 2.93. The van der Waals surface area contributed by atoms with Crippen molar-refractivity contribution < 1.29 is 4.74 Å². The molecule has 0 spiro atoms. The molecule has 1 heterocycles. The largest absolute Gasteiger partial charge is 0.494 e. The van der Waals surface area contributed by atoms with E-state index in [-0.39, 0.29) is 6.17 Å². The Bertz CT molecular complexity index is 565. The molecule has 2 aromatic carbocycles. The van der Waals surface area contributed by atoms with Gasteiger partial charge >= 0.3 is 0 Å². The number of hydrogen-bond donors (Lipinski definition) is 0. The molecule has 0 unspecified atom stereocenters. The van der Waals surface area contributed by atoms with Crippen molar-refractivity contribution in [2.75, 3.05) is 30.5 Å². The molecule has 0 aromatic heterocycles. The maximum absolute atomic E-state index is 5.51. The average molecular weight is 268 g/mol. The molecule has 0 saturated carbocycles. The standard InChI is InChI=1S/C17H20N2O/c1-4-20-14-11-9-13(10-12-14)17-18(2)15-7-5-6-8-16(15)19(17)3/h5-12,17H,4H2,1-3H3. The minimum absolute atomic E-state index is 0.239. The summed E-state index contributed by atoms with van der Waals surface area (Å²) in [6, 6.07) is 16.9. The SMILES string of the molecule is CCOc1ccc(C2N(C)c3ccccc3N2C)cc1. The van der Waals surface area contributed by atoms with Gasteiger partial charge in [0.1, 0.15) is 11.9 Å². The van der Waals surface area contributed by atoms with Crippen LogP contribution in [0, 0.1) is 0 Å². The van der Waals surface area contributed by atoms with Gasteiger partial charge in [-0.1, -0.05) is 24.3 Å². The molecule has 2 aromatic rings. The van der Waals surface area contributed by atoms with E-state index in [0.29, 0.717) is 6.61 Å². The van der Waals surface area contributed by atoms with E-state index in [4.69, 9.17) is 4.74 Å². The first-order chi connectivity index (χ1) is 9.72. The van der Waals surface area contributed by atoms with E-state index in [2.05, 4.69) is 60.3 Å². The highest BCUT2D eigenvalue weighted by molar-refractivity contribution is 5.77. The van der Waals surface area contributed by atoms with E-state index in [9.17, 15) is 0 Å². The molecule has 3 nitrogen and oxygen atoms in total. The Labute approximate surface area is 120 Å². The quantitative estimate of drug-likeness (QED) is 0.844. The molecule has 3 heteroatoms. The fraction of sp³-hybridized carbons (Fsp3) is 0.294. The van der Waals surface area contributed by atoms with E-state index < -0.39 is 0 Å². The first kappa shape index (κ1) is 12.9. The van der Waals surface area contributed by atoms with Crippen LogP contribution < -0.4 is 14.5 Å². The van der Waals surface area contributed by atoms with Gasteiger partial charge in [-0.05, 0) is 36.8 Å². The number of para-hydroxylation sites is 2. The number of hydrogen-bond acceptors (Lipinski definition) is 3. The molecule has 0 bridgehead atoms. The van der Waals surface area contributed by atoms with Gasteiger partial charge in [0.05, 0.1) is 18.0 Å². The van der Waals surface area contributed by atoms with Gasteiger partial charge in [-0.15, -0.1) is 0 Å². The second-order valence-electron chi connectivity index (χ2n) is 5.09. The lowest BCUT2D eigenvalue weighted by Crippen LogP contribution is -2.30. The number of benzene rings is 2. The van der Waals surface area contributed by atoms with Crippen LogP contribution in [0.5, 0.6) is 5.75 Å². The lowest BCUT2D eigenvalue weighted by molar-refractivity contribution is 0.340. The predicted octanol–water partition coefficient (Wildman–Crippen LogP) is 3.67. The molecular formula is C17H20N2O. The summed E-state index contributed by atoms with van der Waals surface area (Å²) in [4.78, 5) is 4.62. The summed E-state index contributed by atoms with van der Waals surface area (Å²) in [5.74, 6) is 0.928. The molecule has 104 valence electrons. The number of ether oxygens (including phenoxy) is 1. The summed E-state index contributed by atoms with van der Waals surface area (Å²) >= 11 is 0. The zero-order valence-corrected chi connectivity index (χ0v) is 12.2. The van der Waals surface area contributed by atoms with Gasteiger partial charge in [-0.25, -0.2) is 0 Å². The molecule has 0 saturated heterocycles. The van der Waals surface area contributed by atoms with Crippen LogP contribution in [0.2, 0.25) is 0 Å². The maximum Gasteiger partial charge on any atom is 0.128 e. The third kappa shape index (κ3) is 1.99. The van der Waals surface area contributed by atoms with E-state index in [1.165, 1.54) is 16.9 Å². The molecule has 0 fully saturated rings. The normalized spacial score (nSPS) is 14.6. The highest BCUT2D eigenvalue weighted by Gasteiger charge is 2.31. The molecular weight excluding hydrogens is 248 g/mol. The summed E-state index contributed by atoms with van der Waals surface area (Å²) in [7, 11) is 4.28. The van der Waals surface area contributed by atoms with Crippen LogP contribution in [0.1, 0.15) is 18.7 Å². The van der Waals surface area contributed by atoms with Crippen LogP contribution in [0.3, 0.4) is 0 Å². The van der Waals surface area contributed by atoms with Crippen molar-refractivity contribution >= 4 is 11.4 Å². The van der Waals surface area contributed by atoms with Gasteiger partial charge < -0.3 is 14.5 Å². The number of rotatable bonds is 3. The lowest BCUT2D eigenvalue weighted by atomic mass is 10.1. The van der Waals surface area contributed by atoms with Crippen molar-refractivity contribution in [3.8, 4) is 5.75 Å². The van der Waals surface area contributed by atoms with Crippen LogP contribution in [0.15, 0.2) is 48.5 Å². The van der Waals surface area contributed by atoms with Crippen molar-refractivity contribution in [3.05, 3.63) is 54.1 Å². The molecule has 0 radical (unpaired) electrons. The Balaban J connectivity index is 1.92. The van der Waals surface area contributed by atoms with Gasteiger partial charge in [0.2, 0.25) is 0 Å². The van der Waals surface area contributed by atoms with E-state index in [0.717, 1.165) is 5.75 Å². The minimum Gasteiger partial charge on any atom is -0.494 e. The third-order valence-corrected chi connectivity index (χ3v) is 3.86. The number of nitrogens with zero attached hydrogens (tertiary/aromatic N) is 2. The topological polar surface area (TPSA) is 15.7 Å². The molecule has 20 heavy (non-hydrogen) atoms. The Morgan fingerprint density at radius 3 is 1.95 bits per heavy atom. The summed E-state index contributed by atoms with van der Waals surface area (Å²) in [5, 5.41) is 0. The van der Waals surface area contributed by atoms with Gasteiger partial charge in [-0.2, -0.15) is 0 Å². The smallest absolute Gasteiger partial charge is 0.128 e. The predicted molar refractivity (Wildman–Crippen MR) is 83.6 cm³/mol. The van der Waals surface area contributed by atoms with E-state index >= 15 is 0 Å². The minimum atomic E-state index is 0.239. The molecule has 1 aliphatic heterocycles. The molecule has 0 amide bonds. The van der Waals surface area contributed by atoms with Crippen molar-refractivity contribution in [1.29, 1.82) is 0 Å². The van der Waals surface area contributed by atoms with Crippen molar-refractivity contribution in [3.63, 3.8) is 0 Å². The zero-order chi connectivity index (χ0) is 14.1. The van der Waals surface area contributed by atoms with Crippen molar-refractivity contribution in [2.45, 2.75) is 13.1 Å². The number of fused-ring (bicyclic) bond motifs is 1. The first-order valence-corrected chi connectivity index (χ1v) is 7.00. The Morgan fingerprint density at radius 1 is 0.900 bits per heavy atom. The summed E-state index contributed by atoms with van der Waals surface area (Å²) in [5.41, 5.74) is 3.82. The van der Waals surface area contributed by atoms with Crippen molar-refractivity contribution in [2.24, 2.45) is 0 Å². The fourth-order valence-electron chi connectivity index (χ4n) is 2.93. The van der Waals surface area contributed by atoms with Crippen molar-refractivity contribution in [1.82, 2.24) is 0 Å². The van der Waals surface area contributed by atoms with Gasteiger partial charge in [0.25, 0.3) is 0 Å². The van der Waals surface area contributed by atoms with Gasteiger partial charge in [-0.3, -0.25) is 0 Å². The monoisotopic (exact) mass is 268 g/mol. The van der Waals surface area contributed by atoms with Crippen LogP contribution in [-0.4, -0.2) is 20.7 Å². The Hall–Kier alpha value is -2.16. The second kappa shape index (κ2) is 5.08. The third-order valence-electron chi connectivity index (χ3n) is 3.86. The van der Waals surface area contributed by atoms with E-state index in [1.807, 2.05) is 19.1 Å². The van der Waals surface area contributed by atoms with Gasteiger partial charge in [0.15, 0.2) is 0 Å². The average Bonchev–Trinajstić information content (AvgIpc) is 2.73. The van der Waals surface area contributed by atoms with Crippen LogP contribution in [0.4, 0.5) is 11.4 Å². The highest BCUT2D eigenvalue weighted by Crippen LogP contribution is 2.44.